The van der Waals surface area contributed by atoms with Gasteiger partial charge in [-0.1, -0.05) is 24.3 Å². The third-order valence-electron chi connectivity index (χ3n) is 4.25. The van der Waals surface area contributed by atoms with Gasteiger partial charge in [0.25, 0.3) is 0 Å². The molecule has 0 spiro atoms. The highest BCUT2D eigenvalue weighted by atomic mass is 16.2. The zero-order valence-corrected chi connectivity index (χ0v) is 13.6. The van der Waals surface area contributed by atoms with Crippen LogP contribution in [0.15, 0.2) is 42.5 Å². The predicted octanol–water partition coefficient (Wildman–Crippen LogP) is 2.57. The molecule has 2 amide bonds. The van der Waals surface area contributed by atoms with E-state index < -0.39 is 0 Å². The van der Waals surface area contributed by atoms with E-state index in [9.17, 15) is 9.59 Å². The van der Waals surface area contributed by atoms with E-state index >= 15 is 0 Å². The van der Waals surface area contributed by atoms with Crippen molar-refractivity contribution in [1.29, 1.82) is 0 Å². The molecule has 0 aliphatic carbocycles. The number of amides is 2. The maximum Gasteiger partial charge on any atom is 0.224 e. The van der Waals surface area contributed by atoms with Gasteiger partial charge >= 0.3 is 0 Å². The Bertz CT molecular complexity index is 769. The summed E-state index contributed by atoms with van der Waals surface area (Å²) in [4.78, 5) is 23.6. The van der Waals surface area contributed by atoms with Gasteiger partial charge in [-0.3, -0.25) is 9.59 Å². The molecule has 0 saturated heterocycles. The van der Waals surface area contributed by atoms with Crippen molar-refractivity contribution in [2.24, 2.45) is 0 Å². The topological polar surface area (TPSA) is 84.2 Å². The smallest absolute Gasteiger partial charge is 0.224 e. The maximum atomic E-state index is 12.2. The average molecular weight is 323 g/mol. The highest BCUT2D eigenvalue weighted by Gasteiger charge is 2.17. The molecular weight excluding hydrogens is 302 g/mol. The first-order valence-corrected chi connectivity index (χ1v) is 8.08. The van der Waals surface area contributed by atoms with E-state index in [4.69, 9.17) is 5.73 Å². The van der Waals surface area contributed by atoms with Crippen molar-refractivity contribution in [3.8, 4) is 0 Å². The summed E-state index contributed by atoms with van der Waals surface area (Å²) >= 11 is 0. The number of anilines is 2. The van der Waals surface area contributed by atoms with Gasteiger partial charge in [0.05, 0.1) is 12.5 Å². The van der Waals surface area contributed by atoms with Crippen LogP contribution in [0.4, 0.5) is 11.4 Å². The molecule has 24 heavy (non-hydrogen) atoms. The first-order chi connectivity index (χ1) is 11.5. The number of nitrogens with one attached hydrogen (secondary N) is 2. The Morgan fingerprint density at radius 3 is 2.71 bits per heavy atom. The zero-order valence-electron chi connectivity index (χ0n) is 13.6. The van der Waals surface area contributed by atoms with Gasteiger partial charge in [0.1, 0.15) is 0 Å². The lowest BCUT2D eigenvalue weighted by atomic mass is 9.97. The fourth-order valence-electron chi connectivity index (χ4n) is 2.87. The summed E-state index contributed by atoms with van der Waals surface area (Å²) < 4.78 is 0. The summed E-state index contributed by atoms with van der Waals surface area (Å²) in [6, 6.07) is 13.1. The molecule has 1 atom stereocenters. The number of nitrogens with two attached hydrogens (primary N) is 1. The van der Waals surface area contributed by atoms with Gasteiger partial charge in [-0.25, -0.2) is 0 Å². The van der Waals surface area contributed by atoms with E-state index in [-0.39, 0.29) is 17.9 Å². The van der Waals surface area contributed by atoms with E-state index in [1.807, 2.05) is 31.2 Å². The third kappa shape index (κ3) is 3.74. The summed E-state index contributed by atoms with van der Waals surface area (Å²) in [5.74, 6) is 0.0263. The molecule has 0 fully saturated rings. The van der Waals surface area contributed by atoms with E-state index in [1.165, 1.54) is 0 Å². The number of benzene rings is 2. The first kappa shape index (κ1) is 16.1. The second kappa shape index (κ2) is 6.74. The lowest BCUT2D eigenvalue weighted by molar-refractivity contribution is -0.121. The summed E-state index contributed by atoms with van der Waals surface area (Å²) in [6.45, 7) is 1.96. The van der Waals surface area contributed by atoms with Crippen molar-refractivity contribution in [3.05, 3.63) is 59.2 Å². The Morgan fingerprint density at radius 1 is 1.21 bits per heavy atom. The molecule has 124 valence electrons. The molecule has 5 heteroatoms. The maximum absolute atomic E-state index is 12.2. The fraction of sp³-hybridized carbons (Fsp3) is 0.263. The van der Waals surface area contributed by atoms with Gasteiger partial charge in [0.15, 0.2) is 0 Å². The standard InChI is InChI=1S/C19H21N3O2/c1-12(21-19(24)10-13-2-6-16(20)7-3-13)14-4-8-17-15(11-14)5-9-18(23)22-17/h2-4,6-8,11-12H,5,9-10,20H2,1H3,(H,21,24)(H,22,23). The van der Waals surface area contributed by atoms with Gasteiger partial charge in [0.2, 0.25) is 11.8 Å². The Labute approximate surface area is 141 Å². The van der Waals surface area contributed by atoms with Crippen LogP contribution in [0, 0.1) is 0 Å². The van der Waals surface area contributed by atoms with Crippen molar-refractivity contribution in [2.75, 3.05) is 11.1 Å². The summed E-state index contributed by atoms with van der Waals surface area (Å²) in [6.07, 6.45) is 1.57. The van der Waals surface area contributed by atoms with Crippen LogP contribution in [0.25, 0.3) is 0 Å². The molecule has 0 saturated carbocycles. The van der Waals surface area contributed by atoms with Gasteiger partial charge in [0, 0.05) is 17.8 Å². The SMILES string of the molecule is CC(NC(=O)Cc1ccc(N)cc1)c1ccc2c(c1)CCC(=O)N2. The number of carbonyl (C=O) groups excluding carboxylic acids is 2. The largest absolute Gasteiger partial charge is 0.399 e. The molecule has 1 aliphatic rings. The number of fused-ring (bicyclic) bond motifs is 1. The second-order valence-corrected chi connectivity index (χ2v) is 6.17. The summed E-state index contributed by atoms with van der Waals surface area (Å²) in [7, 11) is 0. The molecule has 4 N–H and O–H groups in total. The van der Waals surface area contributed by atoms with Gasteiger partial charge in [-0.2, -0.15) is 0 Å². The summed E-state index contributed by atoms with van der Waals surface area (Å²) in [5.41, 5.74) is 10.3. The number of carbonyl (C=O) groups is 2. The molecule has 1 aliphatic heterocycles. The molecule has 2 aromatic carbocycles. The number of hydrogen-bond donors (Lipinski definition) is 3. The van der Waals surface area contributed by atoms with Crippen LogP contribution < -0.4 is 16.4 Å². The minimum Gasteiger partial charge on any atom is -0.399 e. The van der Waals surface area contributed by atoms with Gasteiger partial charge in [-0.15, -0.1) is 0 Å². The highest BCUT2D eigenvalue weighted by Crippen LogP contribution is 2.26. The van der Waals surface area contributed by atoms with Crippen LogP contribution >= 0.6 is 0 Å². The Kier molecular flexibility index (Phi) is 4.51. The highest BCUT2D eigenvalue weighted by molar-refractivity contribution is 5.93. The lowest BCUT2D eigenvalue weighted by Gasteiger charge is -2.20. The molecule has 1 unspecified atom stereocenters. The molecule has 0 bridgehead atoms. The molecular formula is C19H21N3O2. The molecule has 3 rings (SSSR count). The van der Waals surface area contributed by atoms with Crippen LogP contribution in [0.5, 0.6) is 0 Å². The van der Waals surface area contributed by atoms with E-state index in [2.05, 4.69) is 16.7 Å². The Morgan fingerprint density at radius 2 is 1.96 bits per heavy atom. The van der Waals surface area contributed by atoms with Crippen LogP contribution in [-0.4, -0.2) is 11.8 Å². The van der Waals surface area contributed by atoms with Gasteiger partial charge < -0.3 is 16.4 Å². The van der Waals surface area contributed by atoms with Crippen molar-refractivity contribution in [1.82, 2.24) is 5.32 Å². The minimum atomic E-state index is -0.0887. The van der Waals surface area contributed by atoms with Crippen molar-refractivity contribution in [2.45, 2.75) is 32.2 Å². The number of hydrogen-bond acceptors (Lipinski definition) is 3. The third-order valence-corrected chi connectivity index (χ3v) is 4.25. The van der Waals surface area contributed by atoms with E-state index in [0.717, 1.165) is 28.8 Å². The molecule has 0 aromatic heterocycles. The van der Waals surface area contributed by atoms with E-state index in [1.54, 1.807) is 12.1 Å². The zero-order chi connectivity index (χ0) is 17.1. The van der Waals surface area contributed by atoms with Crippen LogP contribution in [0.1, 0.15) is 36.1 Å². The molecule has 2 aromatic rings. The second-order valence-electron chi connectivity index (χ2n) is 6.17. The molecule has 5 nitrogen and oxygen atoms in total. The van der Waals surface area contributed by atoms with Crippen molar-refractivity contribution >= 4 is 23.2 Å². The van der Waals surface area contributed by atoms with Crippen LogP contribution in [0.3, 0.4) is 0 Å². The first-order valence-electron chi connectivity index (χ1n) is 8.08. The number of aryl methyl sites for hydroxylation is 1. The molecule has 0 radical (unpaired) electrons. The van der Waals surface area contributed by atoms with Crippen molar-refractivity contribution in [3.63, 3.8) is 0 Å². The minimum absolute atomic E-state index is 0.0294. The number of rotatable bonds is 4. The Hall–Kier alpha value is -2.82. The van der Waals surface area contributed by atoms with Crippen molar-refractivity contribution < 1.29 is 9.59 Å². The predicted molar refractivity (Wildman–Crippen MR) is 94.5 cm³/mol. The molecule has 1 heterocycles. The lowest BCUT2D eigenvalue weighted by Crippen LogP contribution is -2.28. The van der Waals surface area contributed by atoms with E-state index in [0.29, 0.717) is 18.5 Å². The number of nitrogen functional groups attached to an aromatic ring is 1. The van der Waals surface area contributed by atoms with Crippen LogP contribution in [-0.2, 0) is 22.4 Å². The summed E-state index contributed by atoms with van der Waals surface area (Å²) in [5, 5.41) is 5.88. The quantitative estimate of drug-likeness (QED) is 0.756. The van der Waals surface area contributed by atoms with Crippen LogP contribution in [0.2, 0.25) is 0 Å². The normalized spacial score (nSPS) is 14.5. The van der Waals surface area contributed by atoms with Gasteiger partial charge in [-0.05, 0) is 48.2 Å². The Balaban J connectivity index is 1.64. The average Bonchev–Trinajstić information content (AvgIpc) is 2.56. The monoisotopic (exact) mass is 323 g/mol. The fourth-order valence-corrected chi connectivity index (χ4v) is 2.87.